The van der Waals surface area contributed by atoms with Crippen molar-refractivity contribution in [1.82, 2.24) is 10.2 Å². The van der Waals surface area contributed by atoms with Crippen molar-refractivity contribution in [1.29, 1.82) is 0 Å². The second kappa shape index (κ2) is 6.58. The van der Waals surface area contributed by atoms with E-state index in [1.165, 1.54) is 0 Å². The molecule has 86 valence electrons. The van der Waals surface area contributed by atoms with E-state index in [1.54, 1.807) is 6.08 Å². The van der Waals surface area contributed by atoms with Gasteiger partial charge in [0, 0.05) is 19.6 Å². The molecule has 0 amide bonds. The molecule has 0 aromatic rings. The van der Waals surface area contributed by atoms with Crippen molar-refractivity contribution in [2.45, 2.75) is 18.9 Å². The first-order chi connectivity index (χ1) is 7.22. The molecule has 0 aromatic heterocycles. The first-order valence-electron chi connectivity index (χ1n) is 5.42. The van der Waals surface area contributed by atoms with E-state index in [2.05, 4.69) is 23.8 Å². The Morgan fingerprint density at radius 1 is 1.60 bits per heavy atom. The maximum Gasteiger partial charge on any atom is 0.320 e. The molecule has 0 aromatic carbocycles. The molecule has 0 atom stereocenters. The maximum atomic E-state index is 11.3. The van der Waals surface area contributed by atoms with Crippen LogP contribution in [0.15, 0.2) is 12.7 Å². The van der Waals surface area contributed by atoms with E-state index in [4.69, 9.17) is 4.74 Å². The van der Waals surface area contributed by atoms with Crippen LogP contribution in [0, 0.1) is 0 Å². The van der Waals surface area contributed by atoms with Crippen LogP contribution < -0.4 is 5.32 Å². The number of hydrogen-bond acceptors (Lipinski definition) is 4. The van der Waals surface area contributed by atoms with Gasteiger partial charge < -0.3 is 15.0 Å². The van der Waals surface area contributed by atoms with Crippen LogP contribution >= 0.6 is 0 Å². The van der Waals surface area contributed by atoms with Crippen molar-refractivity contribution in [3.8, 4) is 0 Å². The van der Waals surface area contributed by atoms with Crippen LogP contribution in [0.25, 0.3) is 0 Å². The predicted octanol–water partition coefficient (Wildman–Crippen LogP) is 0.399. The van der Waals surface area contributed by atoms with Crippen molar-refractivity contribution in [3.63, 3.8) is 0 Å². The number of nitrogens with zero attached hydrogens (tertiary/aromatic N) is 1. The Morgan fingerprint density at radius 3 is 2.87 bits per heavy atom. The van der Waals surface area contributed by atoms with E-state index in [-0.39, 0.29) is 18.6 Å². The summed E-state index contributed by atoms with van der Waals surface area (Å²) < 4.78 is 5.32. The smallest absolute Gasteiger partial charge is 0.320 e. The fourth-order valence-corrected chi connectivity index (χ4v) is 1.61. The molecule has 1 fully saturated rings. The van der Waals surface area contributed by atoms with Gasteiger partial charge in [0.2, 0.25) is 0 Å². The van der Waals surface area contributed by atoms with Gasteiger partial charge >= 0.3 is 5.97 Å². The quantitative estimate of drug-likeness (QED) is 0.407. The van der Waals surface area contributed by atoms with Gasteiger partial charge in [-0.15, -0.1) is 6.58 Å². The zero-order valence-corrected chi connectivity index (χ0v) is 9.37. The third kappa shape index (κ3) is 4.95. The molecule has 15 heavy (non-hydrogen) atoms. The first-order valence-corrected chi connectivity index (χ1v) is 5.42. The second-order valence-electron chi connectivity index (χ2n) is 3.91. The molecule has 0 aliphatic carbocycles. The lowest BCUT2D eigenvalue weighted by Gasteiger charge is -2.28. The molecule has 0 spiro atoms. The van der Waals surface area contributed by atoms with Gasteiger partial charge in [0.25, 0.3) is 0 Å². The normalized spacial score (nSPS) is 18.7. The lowest BCUT2D eigenvalue weighted by atomic mass is 10.1. The van der Waals surface area contributed by atoms with Crippen LogP contribution in [-0.4, -0.2) is 50.2 Å². The number of carbonyl (C=O) groups excluding carboxylic acids is 1. The summed E-state index contributed by atoms with van der Waals surface area (Å²) in [7, 11) is 2.09. The van der Waals surface area contributed by atoms with E-state index in [0.29, 0.717) is 6.54 Å². The summed E-state index contributed by atoms with van der Waals surface area (Å²) in [4.78, 5) is 13.6. The number of carbonyl (C=O) groups is 1. The Kier molecular flexibility index (Phi) is 5.36. The molecular weight excluding hydrogens is 192 g/mol. The largest absolute Gasteiger partial charge is 0.461 e. The fraction of sp³-hybridized carbons (Fsp3) is 0.727. The Bertz CT molecular complexity index is 211. The van der Waals surface area contributed by atoms with Crippen LogP contribution in [0.4, 0.5) is 0 Å². The summed E-state index contributed by atoms with van der Waals surface area (Å²) in [5.41, 5.74) is 0. The van der Waals surface area contributed by atoms with Gasteiger partial charge in [-0.05, 0) is 19.9 Å². The number of esters is 1. The summed E-state index contributed by atoms with van der Waals surface area (Å²) >= 11 is 0. The number of ether oxygens (including phenoxy) is 1. The molecule has 0 radical (unpaired) electrons. The topological polar surface area (TPSA) is 41.6 Å². The summed E-state index contributed by atoms with van der Waals surface area (Å²) in [5.74, 6) is -0.161. The second-order valence-corrected chi connectivity index (χ2v) is 3.91. The highest BCUT2D eigenvalue weighted by Crippen LogP contribution is 2.11. The molecule has 1 N–H and O–H groups in total. The Labute approximate surface area is 91.3 Å². The third-order valence-corrected chi connectivity index (χ3v) is 2.52. The first kappa shape index (κ1) is 12.2. The van der Waals surface area contributed by atoms with Crippen LogP contribution in [0.3, 0.4) is 0 Å². The molecule has 0 unspecified atom stereocenters. The maximum absolute atomic E-state index is 11.3. The molecule has 4 heteroatoms. The van der Waals surface area contributed by atoms with E-state index >= 15 is 0 Å². The van der Waals surface area contributed by atoms with Gasteiger partial charge in [-0.25, -0.2) is 0 Å². The summed E-state index contributed by atoms with van der Waals surface area (Å²) in [6.07, 6.45) is 3.73. The molecular formula is C11H20N2O2. The highest BCUT2D eigenvalue weighted by Gasteiger charge is 2.19. The molecule has 1 heterocycles. The predicted molar refractivity (Wildman–Crippen MR) is 59.7 cm³/mol. The number of likely N-dealkylation sites (tertiary alicyclic amines) is 1. The number of nitrogens with one attached hydrogen (secondary N) is 1. The van der Waals surface area contributed by atoms with Crippen molar-refractivity contribution < 1.29 is 9.53 Å². The lowest BCUT2D eigenvalue weighted by Crippen LogP contribution is -2.37. The minimum absolute atomic E-state index is 0.110. The molecule has 1 aliphatic rings. The van der Waals surface area contributed by atoms with Crippen LogP contribution in [0.2, 0.25) is 0 Å². The van der Waals surface area contributed by atoms with Gasteiger partial charge in [-0.1, -0.05) is 6.08 Å². The van der Waals surface area contributed by atoms with Gasteiger partial charge in [-0.2, -0.15) is 0 Å². The van der Waals surface area contributed by atoms with Crippen LogP contribution in [0.5, 0.6) is 0 Å². The van der Waals surface area contributed by atoms with Crippen molar-refractivity contribution in [2.75, 3.05) is 33.2 Å². The molecule has 4 nitrogen and oxygen atoms in total. The standard InChI is InChI=1S/C11H20N2O2/c1-3-6-12-9-11(14)15-10-4-7-13(2)8-5-10/h3,10,12H,1,4-9H2,2H3. The van der Waals surface area contributed by atoms with Crippen molar-refractivity contribution in [2.24, 2.45) is 0 Å². The summed E-state index contributed by atoms with van der Waals surface area (Å²) in [6, 6.07) is 0. The Balaban J connectivity index is 2.12. The van der Waals surface area contributed by atoms with Gasteiger partial charge in [0.1, 0.15) is 6.10 Å². The van der Waals surface area contributed by atoms with E-state index in [1.807, 2.05) is 0 Å². The van der Waals surface area contributed by atoms with E-state index in [0.717, 1.165) is 25.9 Å². The van der Waals surface area contributed by atoms with Gasteiger partial charge in [-0.3, -0.25) is 4.79 Å². The highest BCUT2D eigenvalue weighted by molar-refractivity contribution is 5.71. The third-order valence-electron chi connectivity index (χ3n) is 2.52. The van der Waals surface area contributed by atoms with Crippen LogP contribution in [0.1, 0.15) is 12.8 Å². The summed E-state index contributed by atoms with van der Waals surface area (Å²) in [6.45, 7) is 6.50. The van der Waals surface area contributed by atoms with E-state index in [9.17, 15) is 4.79 Å². The molecule has 1 aliphatic heterocycles. The van der Waals surface area contributed by atoms with Crippen LogP contribution in [-0.2, 0) is 9.53 Å². The van der Waals surface area contributed by atoms with Crippen molar-refractivity contribution in [3.05, 3.63) is 12.7 Å². The highest BCUT2D eigenvalue weighted by atomic mass is 16.5. The number of piperidine rings is 1. The number of rotatable bonds is 5. The number of hydrogen-bond donors (Lipinski definition) is 1. The molecule has 0 saturated carbocycles. The summed E-state index contributed by atoms with van der Waals surface area (Å²) in [5, 5.41) is 2.93. The molecule has 1 rings (SSSR count). The minimum atomic E-state index is -0.161. The van der Waals surface area contributed by atoms with Gasteiger partial charge in [0.15, 0.2) is 0 Å². The Morgan fingerprint density at radius 2 is 2.27 bits per heavy atom. The zero-order valence-electron chi connectivity index (χ0n) is 9.37. The average Bonchev–Trinajstić information content (AvgIpc) is 2.22. The monoisotopic (exact) mass is 212 g/mol. The molecule has 0 bridgehead atoms. The SMILES string of the molecule is C=CCNCC(=O)OC1CCN(C)CC1. The van der Waals surface area contributed by atoms with Gasteiger partial charge in [0.05, 0.1) is 6.54 Å². The minimum Gasteiger partial charge on any atom is -0.461 e. The average molecular weight is 212 g/mol. The Hall–Kier alpha value is -0.870. The fourth-order valence-electron chi connectivity index (χ4n) is 1.61. The lowest BCUT2D eigenvalue weighted by molar-refractivity contribution is -0.149. The zero-order chi connectivity index (χ0) is 11.1. The molecule has 1 saturated heterocycles. The van der Waals surface area contributed by atoms with Crippen molar-refractivity contribution >= 4 is 5.97 Å². The van der Waals surface area contributed by atoms with E-state index < -0.39 is 0 Å².